The van der Waals surface area contributed by atoms with E-state index in [0.29, 0.717) is 6.42 Å². The molecule has 22 heavy (non-hydrogen) atoms. The first-order valence-corrected chi connectivity index (χ1v) is 7.25. The molecule has 3 nitrogen and oxygen atoms in total. The van der Waals surface area contributed by atoms with Gasteiger partial charge >= 0.3 is 0 Å². The normalized spacial score (nSPS) is 11.2. The number of rotatable bonds is 6. The molecule has 0 radical (unpaired) electrons. The number of ether oxygens (including phenoxy) is 2. The zero-order chi connectivity index (χ0) is 17.1. The Labute approximate surface area is 131 Å². The molecule has 0 aliphatic heterocycles. The van der Waals surface area contributed by atoms with Crippen LogP contribution in [-0.2, 0) is 6.42 Å². The topological polar surface area (TPSA) is 30.8 Å². The van der Waals surface area contributed by atoms with Gasteiger partial charge in [0.25, 0.3) is 0 Å². The highest BCUT2D eigenvalue weighted by atomic mass is 19.1. The van der Waals surface area contributed by atoms with Gasteiger partial charge in [-0.15, -0.1) is 0 Å². The Morgan fingerprint density at radius 1 is 1.14 bits per heavy atom. The molecule has 0 unspecified atom stereocenters. The average molecular weight is 313 g/mol. The van der Waals surface area contributed by atoms with Gasteiger partial charge in [0.05, 0.1) is 14.2 Å². The summed E-state index contributed by atoms with van der Waals surface area (Å²) >= 11 is 0. The summed E-state index contributed by atoms with van der Waals surface area (Å²) in [5.74, 6) is -1.42. The van der Waals surface area contributed by atoms with Crippen molar-refractivity contribution in [2.45, 2.75) is 33.6 Å². The van der Waals surface area contributed by atoms with Crippen LogP contribution >= 0.6 is 0 Å². The average Bonchev–Trinajstić information content (AvgIpc) is 2.55. The standard InChI is InChI=1S/C15H19F2NO2.C2H6/c1-5-10(9-18-2)6-7-11-14(16)12(19-3)8-13(20-4)15(11)17;1-2/h5,8-9H,6-7H2,1-4H3;1-2H3/b10-5-,18-9?;. The van der Waals surface area contributed by atoms with E-state index < -0.39 is 11.6 Å². The molecule has 1 aromatic carbocycles. The van der Waals surface area contributed by atoms with Gasteiger partial charge in [0.2, 0.25) is 0 Å². The van der Waals surface area contributed by atoms with E-state index in [1.807, 2.05) is 26.8 Å². The Balaban J connectivity index is 0.00000211. The molecule has 124 valence electrons. The minimum Gasteiger partial charge on any atom is -0.494 e. The molecule has 0 spiro atoms. The molecule has 0 amide bonds. The quantitative estimate of drug-likeness (QED) is 0.719. The first kappa shape index (κ1) is 20.1. The fourth-order valence-corrected chi connectivity index (χ4v) is 1.87. The second kappa shape index (κ2) is 10.8. The van der Waals surface area contributed by atoms with Gasteiger partial charge in [-0.3, -0.25) is 4.99 Å². The Bertz CT molecular complexity index is 498. The van der Waals surface area contributed by atoms with Crippen molar-refractivity contribution in [2.24, 2.45) is 4.99 Å². The van der Waals surface area contributed by atoms with Crippen molar-refractivity contribution < 1.29 is 18.3 Å². The molecule has 0 aliphatic carbocycles. The van der Waals surface area contributed by atoms with Gasteiger partial charge in [-0.2, -0.15) is 0 Å². The molecule has 0 N–H and O–H groups in total. The van der Waals surface area contributed by atoms with Gasteiger partial charge in [0.1, 0.15) is 0 Å². The maximum absolute atomic E-state index is 14.1. The molecule has 0 saturated heterocycles. The van der Waals surface area contributed by atoms with E-state index in [-0.39, 0.29) is 23.5 Å². The van der Waals surface area contributed by atoms with Crippen LogP contribution in [0, 0.1) is 11.6 Å². The summed E-state index contributed by atoms with van der Waals surface area (Å²) in [5, 5.41) is 0. The Morgan fingerprint density at radius 2 is 1.64 bits per heavy atom. The first-order chi connectivity index (χ1) is 10.6. The van der Waals surface area contributed by atoms with E-state index in [9.17, 15) is 8.78 Å². The lowest BCUT2D eigenvalue weighted by Gasteiger charge is -2.12. The predicted octanol–water partition coefficient (Wildman–Crippen LogP) is 4.59. The van der Waals surface area contributed by atoms with Crippen LogP contribution in [0.2, 0.25) is 0 Å². The molecule has 0 bridgehead atoms. The Kier molecular flexibility index (Phi) is 9.83. The number of hydrogen-bond acceptors (Lipinski definition) is 3. The molecule has 0 fully saturated rings. The van der Waals surface area contributed by atoms with Crippen molar-refractivity contribution in [2.75, 3.05) is 21.3 Å². The summed E-state index contributed by atoms with van der Waals surface area (Å²) in [7, 11) is 4.32. The molecule has 0 atom stereocenters. The number of nitrogens with zero attached hydrogens (tertiary/aromatic N) is 1. The van der Waals surface area contributed by atoms with Crippen LogP contribution in [0.25, 0.3) is 0 Å². The van der Waals surface area contributed by atoms with E-state index in [1.165, 1.54) is 20.3 Å². The highest BCUT2D eigenvalue weighted by Gasteiger charge is 2.19. The first-order valence-electron chi connectivity index (χ1n) is 7.25. The predicted molar refractivity (Wildman–Crippen MR) is 87.3 cm³/mol. The van der Waals surface area contributed by atoms with Crippen LogP contribution in [0.1, 0.15) is 32.8 Å². The number of aliphatic imine (C=N–C) groups is 1. The van der Waals surface area contributed by atoms with E-state index in [2.05, 4.69) is 4.99 Å². The smallest absolute Gasteiger partial charge is 0.171 e. The zero-order valence-electron chi connectivity index (χ0n) is 14.2. The van der Waals surface area contributed by atoms with Gasteiger partial charge < -0.3 is 9.47 Å². The summed E-state index contributed by atoms with van der Waals surface area (Å²) in [6, 6.07) is 1.21. The SMILES string of the molecule is C/C=C(\C=NC)CCc1c(F)c(OC)cc(OC)c1F.CC. The molecular formula is C17H25F2NO2. The second-order valence-corrected chi connectivity index (χ2v) is 4.14. The van der Waals surface area contributed by atoms with E-state index in [0.717, 1.165) is 5.57 Å². The lowest BCUT2D eigenvalue weighted by Crippen LogP contribution is -2.03. The molecule has 1 rings (SSSR count). The van der Waals surface area contributed by atoms with Gasteiger partial charge in [-0.25, -0.2) is 8.78 Å². The monoisotopic (exact) mass is 313 g/mol. The fraction of sp³-hybridized carbons (Fsp3) is 0.471. The molecule has 0 saturated carbocycles. The maximum atomic E-state index is 14.1. The third-order valence-electron chi connectivity index (χ3n) is 2.99. The fourth-order valence-electron chi connectivity index (χ4n) is 1.87. The number of allylic oxidation sites excluding steroid dienone is 2. The van der Waals surface area contributed by atoms with Crippen molar-refractivity contribution in [1.29, 1.82) is 0 Å². The third-order valence-corrected chi connectivity index (χ3v) is 2.99. The lowest BCUT2D eigenvalue weighted by molar-refractivity contribution is 0.353. The third kappa shape index (κ3) is 5.13. The van der Waals surface area contributed by atoms with Crippen molar-refractivity contribution in [3.05, 3.63) is 34.9 Å². The van der Waals surface area contributed by atoms with Crippen LogP contribution in [-0.4, -0.2) is 27.5 Å². The summed E-state index contributed by atoms with van der Waals surface area (Å²) in [6.07, 6.45) is 4.22. The van der Waals surface area contributed by atoms with E-state index >= 15 is 0 Å². The zero-order valence-corrected chi connectivity index (χ0v) is 14.2. The molecule has 0 aliphatic rings. The van der Waals surface area contributed by atoms with Crippen LogP contribution < -0.4 is 9.47 Å². The van der Waals surface area contributed by atoms with Crippen LogP contribution in [0.5, 0.6) is 11.5 Å². The van der Waals surface area contributed by atoms with Crippen molar-refractivity contribution >= 4 is 6.21 Å². The highest BCUT2D eigenvalue weighted by molar-refractivity contribution is 5.78. The van der Waals surface area contributed by atoms with Gasteiger partial charge in [-0.1, -0.05) is 19.9 Å². The summed E-state index contributed by atoms with van der Waals surface area (Å²) in [6.45, 7) is 5.86. The largest absolute Gasteiger partial charge is 0.494 e. The number of hydrogen-bond donors (Lipinski definition) is 0. The molecule has 0 aromatic heterocycles. The van der Waals surface area contributed by atoms with E-state index in [4.69, 9.17) is 9.47 Å². The molecule has 5 heteroatoms. The molecular weight excluding hydrogens is 288 g/mol. The Hall–Kier alpha value is -1.91. The van der Waals surface area contributed by atoms with Gasteiger partial charge in [0, 0.05) is 24.9 Å². The summed E-state index contributed by atoms with van der Waals surface area (Å²) < 4.78 is 38.0. The number of benzene rings is 1. The van der Waals surface area contributed by atoms with Crippen molar-refractivity contribution in [3.63, 3.8) is 0 Å². The van der Waals surface area contributed by atoms with Crippen LogP contribution in [0.3, 0.4) is 0 Å². The van der Waals surface area contributed by atoms with Gasteiger partial charge in [-0.05, 0) is 25.3 Å². The van der Waals surface area contributed by atoms with Crippen LogP contribution in [0.4, 0.5) is 8.78 Å². The summed E-state index contributed by atoms with van der Waals surface area (Å²) in [5.41, 5.74) is 0.873. The minimum atomic E-state index is -0.685. The van der Waals surface area contributed by atoms with Gasteiger partial charge in [0.15, 0.2) is 23.1 Å². The lowest BCUT2D eigenvalue weighted by atomic mass is 10.0. The highest BCUT2D eigenvalue weighted by Crippen LogP contribution is 2.32. The number of methoxy groups -OCH3 is 2. The molecule has 1 aromatic rings. The maximum Gasteiger partial charge on any atom is 0.171 e. The summed E-state index contributed by atoms with van der Waals surface area (Å²) in [4.78, 5) is 3.90. The molecule has 0 heterocycles. The van der Waals surface area contributed by atoms with E-state index in [1.54, 1.807) is 13.3 Å². The minimum absolute atomic E-state index is 0.0237. The number of halogens is 2. The Morgan fingerprint density at radius 3 is 2.00 bits per heavy atom. The van der Waals surface area contributed by atoms with Crippen LogP contribution in [0.15, 0.2) is 22.7 Å². The van der Waals surface area contributed by atoms with Crippen molar-refractivity contribution in [3.8, 4) is 11.5 Å². The second-order valence-electron chi connectivity index (χ2n) is 4.14. The van der Waals surface area contributed by atoms with Crippen molar-refractivity contribution in [1.82, 2.24) is 0 Å².